The van der Waals surface area contributed by atoms with Crippen LogP contribution in [0.25, 0.3) is 0 Å². The molecule has 0 saturated heterocycles. The summed E-state index contributed by atoms with van der Waals surface area (Å²) in [7, 11) is -1.44. The van der Waals surface area contributed by atoms with Crippen LogP contribution < -0.4 is 10.2 Å². The van der Waals surface area contributed by atoms with Crippen LogP contribution in [0.15, 0.2) is 48.5 Å². The molecule has 148 valence electrons. The molecule has 2 N–H and O–H groups in total. The van der Waals surface area contributed by atoms with Crippen molar-refractivity contribution in [1.29, 1.82) is 0 Å². The zero-order chi connectivity index (χ0) is 20.0. The van der Waals surface area contributed by atoms with Crippen molar-refractivity contribution in [3.63, 3.8) is 0 Å². The molecule has 0 spiro atoms. The standard InChI is InChI=1S/C24H31BO3/c1-2-3-4-5-6-7-8-9-20-28-24-18-14-22(15-19-24)11-10-21-12-16-23(17-13-21)25(26)27/h12-19,26-27H,2-9,20H2,1H3. The molecule has 2 aromatic carbocycles. The number of hydrogen-bond acceptors (Lipinski definition) is 3. The van der Waals surface area contributed by atoms with Crippen LogP contribution in [0.2, 0.25) is 0 Å². The molecule has 0 unspecified atom stereocenters. The van der Waals surface area contributed by atoms with Crippen molar-refractivity contribution in [3.8, 4) is 17.6 Å². The predicted octanol–water partition coefficient (Wildman–Crippen LogP) is 4.29. The maximum atomic E-state index is 9.10. The molecule has 2 aromatic rings. The van der Waals surface area contributed by atoms with Gasteiger partial charge in [-0.1, -0.05) is 75.8 Å². The van der Waals surface area contributed by atoms with Crippen LogP contribution in [0.5, 0.6) is 5.75 Å². The van der Waals surface area contributed by atoms with Gasteiger partial charge in [0, 0.05) is 11.1 Å². The van der Waals surface area contributed by atoms with E-state index in [9.17, 15) is 0 Å². The topological polar surface area (TPSA) is 49.7 Å². The van der Waals surface area contributed by atoms with Crippen molar-refractivity contribution >= 4 is 12.6 Å². The number of benzene rings is 2. The lowest BCUT2D eigenvalue weighted by atomic mass is 9.80. The third-order valence-corrected chi connectivity index (χ3v) is 4.68. The van der Waals surface area contributed by atoms with Gasteiger partial charge in [-0.2, -0.15) is 0 Å². The van der Waals surface area contributed by atoms with E-state index in [1.807, 2.05) is 24.3 Å². The molecule has 0 atom stereocenters. The van der Waals surface area contributed by atoms with E-state index < -0.39 is 7.12 Å². The number of rotatable bonds is 11. The lowest BCUT2D eigenvalue weighted by Gasteiger charge is -2.06. The Labute approximate surface area is 169 Å². The average molecular weight is 378 g/mol. The van der Waals surface area contributed by atoms with Crippen LogP contribution in [-0.4, -0.2) is 23.8 Å². The zero-order valence-corrected chi connectivity index (χ0v) is 16.9. The highest BCUT2D eigenvalue weighted by molar-refractivity contribution is 6.58. The van der Waals surface area contributed by atoms with Gasteiger partial charge in [0.25, 0.3) is 0 Å². The molecular formula is C24H31BO3. The molecule has 0 aliphatic carbocycles. The molecule has 0 radical (unpaired) electrons. The minimum Gasteiger partial charge on any atom is -0.494 e. The first kappa shape index (κ1) is 22.1. The number of unbranched alkanes of at least 4 members (excludes halogenated alkanes) is 7. The Bertz CT molecular complexity index is 727. The van der Waals surface area contributed by atoms with Gasteiger partial charge in [0.05, 0.1) is 6.61 Å². The van der Waals surface area contributed by atoms with Crippen LogP contribution in [0.3, 0.4) is 0 Å². The minimum atomic E-state index is -1.44. The van der Waals surface area contributed by atoms with Crippen molar-refractivity contribution < 1.29 is 14.8 Å². The molecule has 2 rings (SSSR count). The van der Waals surface area contributed by atoms with Crippen molar-refractivity contribution in [2.24, 2.45) is 0 Å². The fraction of sp³-hybridized carbons (Fsp3) is 0.417. The summed E-state index contributed by atoms with van der Waals surface area (Å²) in [5, 5.41) is 18.2. The van der Waals surface area contributed by atoms with E-state index in [0.717, 1.165) is 29.9 Å². The van der Waals surface area contributed by atoms with Gasteiger partial charge in [-0.3, -0.25) is 0 Å². The Balaban J connectivity index is 1.68. The van der Waals surface area contributed by atoms with Gasteiger partial charge < -0.3 is 14.8 Å². The number of ether oxygens (including phenoxy) is 1. The molecule has 0 amide bonds. The quantitative estimate of drug-likeness (QED) is 0.349. The first-order chi connectivity index (χ1) is 13.7. The molecule has 4 heteroatoms. The fourth-order valence-corrected chi connectivity index (χ4v) is 2.94. The van der Waals surface area contributed by atoms with Crippen molar-refractivity contribution in [3.05, 3.63) is 59.7 Å². The summed E-state index contributed by atoms with van der Waals surface area (Å²) < 4.78 is 5.81. The van der Waals surface area contributed by atoms with Crippen LogP contribution in [0.4, 0.5) is 0 Å². The predicted molar refractivity (Wildman–Crippen MR) is 117 cm³/mol. The van der Waals surface area contributed by atoms with Crippen molar-refractivity contribution in [2.45, 2.75) is 58.3 Å². The van der Waals surface area contributed by atoms with Gasteiger partial charge in [0.2, 0.25) is 0 Å². The molecule has 0 heterocycles. The summed E-state index contributed by atoms with van der Waals surface area (Å²) in [4.78, 5) is 0. The third-order valence-electron chi connectivity index (χ3n) is 4.68. The summed E-state index contributed by atoms with van der Waals surface area (Å²) >= 11 is 0. The van der Waals surface area contributed by atoms with E-state index in [2.05, 4.69) is 18.8 Å². The van der Waals surface area contributed by atoms with E-state index >= 15 is 0 Å². The lowest BCUT2D eigenvalue weighted by molar-refractivity contribution is 0.304. The van der Waals surface area contributed by atoms with Gasteiger partial charge in [-0.15, -0.1) is 0 Å². The summed E-state index contributed by atoms with van der Waals surface area (Å²) in [6, 6.07) is 14.7. The molecule has 0 aromatic heterocycles. The van der Waals surface area contributed by atoms with Gasteiger partial charge in [0.15, 0.2) is 0 Å². The van der Waals surface area contributed by atoms with Crippen LogP contribution >= 0.6 is 0 Å². The Kier molecular flexibility index (Phi) is 10.3. The SMILES string of the molecule is CCCCCCCCCCOc1ccc(C#Cc2ccc(B(O)O)cc2)cc1. The fourth-order valence-electron chi connectivity index (χ4n) is 2.94. The van der Waals surface area contributed by atoms with Gasteiger partial charge in [0.1, 0.15) is 5.75 Å². The van der Waals surface area contributed by atoms with E-state index in [1.165, 1.54) is 44.9 Å². The van der Waals surface area contributed by atoms with Crippen LogP contribution in [0.1, 0.15) is 69.4 Å². The molecule has 3 nitrogen and oxygen atoms in total. The average Bonchev–Trinajstić information content (AvgIpc) is 2.72. The van der Waals surface area contributed by atoms with E-state index in [-0.39, 0.29) is 0 Å². The smallest absolute Gasteiger partial charge is 0.488 e. The Hall–Kier alpha value is -2.22. The van der Waals surface area contributed by atoms with E-state index in [1.54, 1.807) is 24.3 Å². The maximum absolute atomic E-state index is 9.10. The first-order valence-corrected chi connectivity index (χ1v) is 10.4. The summed E-state index contributed by atoms with van der Waals surface area (Å²) in [6.45, 7) is 3.02. The highest BCUT2D eigenvalue weighted by atomic mass is 16.5. The number of hydrogen-bond donors (Lipinski definition) is 2. The normalized spacial score (nSPS) is 10.2. The molecule has 0 aliphatic rings. The summed E-state index contributed by atoms with van der Waals surface area (Å²) in [6.07, 6.45) is 10.4. The van der Waals surface area contributed by atoms with Gasteiger partial charge >= 0.3 is 7.12 Å². The Morgan fingerprint density at radius 1 is 0.714 bits per heavy atom. The molecule has 28 heavy (non-hydrogen) atoms. The largest absolute Gasteiger partial charge is 0.494 e. The molecule has 0 fully saturated rings. The van der Waals surface area contributed by atoms with Crippen LogP contribution in [0, 0.1) is 11.8 Å². The lowest BCUT2D eigenvalue weighted by Crippen LogP contribution is -2.29. The maximum Gasteiger partial charge on any atom is 0.488 e. The van der Waals surface area contributed by atoms with Crippen molar-refractivity contribution in [1.82, 2.24) is 0 Å². The molecule has 0 saturated carbocycles. The molecule has 0 bridgehead atoms. The second-order valence-corrected chi connectivity index (χ2v) is 7.09. The monoisotopic (exact) mass is 378 g/mol. The highest BCUT2D eigenvalue weighted by Crippen LogP contribution is 2.13. The van der Waals surface area contributed by atoms with E-state index in [4.69, 9.17) is 14.8 Å². The second kappa shape index (κ2) is 13.0. The van der Waals surface area contributed by atoms with Gasteiger partial charge in [-0.05, 0) is 48.3 Å². The summed E-state index contributed by atoms with van der Waals surface area (Å²) in [5.41, 5.74) is 2.22. The van der Waals surface area contributed by atoms with Gasteiger partial charge in [-0.25, -0.2) is 0 Å². The molecule has 0 aliphatic heterocycles. The third kappa shape index (κ3) is 8.65. The second-order valence-electron chi connectivity index (χ2n) is 7.09. The first-order valence-electron chi connectivity index (χ1n) is 10.4. The molecular weight excluding hydrogens is 347 g/mol. The zero-order valence-electron chi connectivity index (χ0n) is 16.9. The Morgan fingerprint density at radius 3 is 1.75 bits per heavy atom. The highest BCUT2D eigenvalue weighted by Gasteiger charge is 2.08. The van der Waals surface area contributed by atoms with Crippen molar-refractivity contribution in [2.75, 3.05) is 6.61 Å². The Morgan fingerprint density at radius 2 is 1.21 bits per heavy atom. The van der Waals surface area contributed by atoms with Crippen LogP contribution in [-0.2, 0) is 0 Å². The van der Waals surface area contributed by atoms with E-state index in [0.29, 0.717) is 5.46 Å². The minimum absolute atomic E-state index is 0.462. The summed E-state index contributed by atoms with van der Waals surface area (Å²) in [5.74, 6) is 7.07.